The Balaban J connectivity index is 1.55. The molecule has 0 saturated carbocycles. The van der Waals surface area contributed by atoms with Gasteiger partial charge in [-0.2, -0.15) is 5.26 Å². The van der Waals surface area contributed by atoms with Crippen LogP contribution in [0.15, 0.2) is 36.7 Å². The first-order valence-corrected chi connectivity index (χ1v) is 8.68. The van der Waals surface area contributed by atoms with Crippen LogP contribution in [-0.4, -0.2) is 40.1 Å². The first-order chi connectivity index (χ1) is 12.7. The van der Waals surface area contributed by atoms with Crippen molar-refractivity contribution in [2.24, 2.45) is 0 Å². The molecule has 2 heterocycles. The van der Waals surface area contributed by atoms with E-state index < -0.39 is 0 Å². The van der Waals surface area contributed by atoms with Crippen LogP contribution < -0.4 is 10.1 Å². The third kappa shape index (κ3) is 4.61. The normalized spacial score (nSPS) is 16.6. The van der Waals surface area contributed by atoms with E-state index in [0.29, 0.717) is 24.7 Å². The Morgan fingerprint density at radius 1 is 1.35 bits per heavy atom. The van der Waals surface area contributed by atoms with Crippen LogP contribution in [0.3, 0.4) is 0 Å². The lowest BCUT2D eigenvalue weighted by atomic mass is 10.1. The fourth-order valence-electron chi connectivity index (χ4n) is 2.76. The Hall–Kier alpha value is -2.85. The highest BCUT2D eigenvalue weighted by molar-refractivity contribution is 6.30. The molecule has 26 heavy (non-hydrogen) atoms. The summed E-state index contributed by atoms with van der Waals surface area (Å²) in [6.07, 6.45) is 4.33. The van der Waals surface area contributed by atoms with Crippen molar-refractivity contribution in [3.8, 4) is 11.9 Å². The minimum Gasteiger partial charge on any atom is -0.470 e. The Morgan fingerprint density at radius 3 is 2.88 bits per heavy atom. The van der Waals surface area contributed by atoms with E-state index in [4.69, 9.17) is 21.6 Å². The molecular formula is C18H18ClN5O2. The average Bonchev–Trinajstić information content (AvgIpc) is 2.68. The van der Waals surface area contributed by atoms with Crippen molar-refractivity contribution in [1.82, 2.24) is 20.2 Å². The van der Waals surface area contributed by atoms with Gasteiger partial charge in [-0.05, 0) is 30.5 Å². The second-order valence-electron chi connectivity index (χ2n) is 5.94. The van der Waals surface area contributed by atoms with Crippen LogP contribution >= 0.6 is 11.6 Å². The highest BCUT2D eigenvalue weighted by atomic mass is 35.5. The Bertz CT molecular complexity index is 806. The maximum absolute atomic E-state index is 12.4. The summed E-state index contributed by atoms with van der Waals surface area (Å²) >= 11 is 5.86. The highest BCUT2D eigenvalue weighted by Gasteiger charge is 2.26. The first-order valence-electron chi connectivity index (χ1n) is 8.30. The molecular weight excluding hydrogens is 354 g/mol. The molecule has 1 N–H and O–H groups in total. The number of piperidine rings is 1. The topological polar surface area (TPSA) is 91.1 Å². The molecule has 1 aliphatic rings. The van der Waals surface area contributed by atoms with E-state index in [2.05, 4.69) is 15.3 Å². The van der Waals surface area contributed by atoms with Gasteiger partial charge in [-0.25, -0.2) is 14.8 Å². The summed E-state index contributed by atoms with van der Waals surface area (Å²) in [6, 6.07) is 9.16. The number of carbonyl (C=O) groups excluding carboxylic acids is 1. The predicted octanol–water partition coefficient (Wildman–Crippen LogP) is 2.75. The van der Waals surface area contributed by atoms with E-state index in [1.807, 2.05) is 18.2 Å². The molecule has 0 aliphatic carbocycles. The molecule has 0 bridgehead atoms. The van der Waals surface area contributed by atoms with E-state index in [-0.39, 0.29) is 23.7 Å². The van der Waals surface area contributed by atoms with Gasteiger partial charge in [0.15, 0.2) is 0 Å². The average molecular weight is 372 g/mol. The molecule has 7 nitrogen and oxygen atoms in total. The lowest BCUT2D eigenvalue weighted by molar-refractivity contribution is 0.0971. The maximum atomic E-state index is 12.4. The van der Waals surface area contributed by atoms with Crippen LogP contribution in [0.4, 0.5) is 4.79 Å². The van der Waals surface area contributed by atoms with Crippen LogP contribution in [0, 0.1) is 11.3 Å². The van der Waals surface area contributed by atoms with Gasteiger partial charge in [-0.15, -0.1) is 0 Å². The fraction of sp³-hybridized carbons (Fsp3) is 0.333. The summed E-state index contributed by atoms with van der Waals surface area (Å²) in [5, 5.41) is 12.6. The maximum Gasteiger partial charge on any atom is 0.317 e. The molecule has 8 heteroatoms. The van der Waals surface area contributed by atoms with Crippen molar-refractivity contribution in [2.45, 2.75) is 25.5 Å². The van der Waals surface area contributed by atoms with Gasteiger partial charge in [0.2, 0.25) is 5.69 Å². The van der Waals surface area contributed by atoms with Crippen LogP contribution in [0.1, 0.15) is 24.1 Å². The number of nitriles is 1. The Kier molecular flexibility index (Phi) is 5.87. The molecule has 134 valence electrons. The standard InChI is InChI=1S/C18H18ClN5O2/c19-14-5-3-13(4-6-14)11-23-18(25)24-9-1-2-15(12-24)26-17-16(10-20)21-7-8-22-17/h3-8,15H,1-2,9,11-12H2,(H,23,25). The zero-order valence-electron chi connectivity index (χ0n) is 14.1. The molecule has 1 saturated heterocycles. The number of nitrogens with zero attached hydrogens (tertiary/aromatic N) is 4. The molecule has 2 amide bonds. The van der Waals surface area contributed by atoms with E-state index in [9.17, 15) is 4.79 Å². The third-order valence-corrected chi connectivity index (χ3v) is 4.32. The number of hydrogen-bond acceptors (Lipinski definition) is 5. The zero-order valence-corrected chi connectivity index (χ0v) is 14.8. The summed E-state index contributed by atoms with van der Waals surface area (Å²) in [7, 11) is 0. The Labute approximate surface area is 156 Å². The van der Waals surface area contributed by atoms with Gasteiger partial charge in [0.05, 0.1) is 6.54 Å². The van der Waals surface area contributed by atoms with Crippen LogP contribution in [0.5, 0.6) is 5.88 Å². The second kappa shape index (κ2) is 8.50. The molecule has 1 aromatic carbocycles. The van der Waals surface area contributed by atoms with E-state index in [0.717, 1.165) is 18.4 Å². The number of benzene rings is 1. The number of rotatable bonds is 4. The number of hydrogen-bond donors (Lipinski definition) is 1. The zero-order chi connectivity index (χ0) is 18.4. The first kappa shape index (κ1) is 18.0. The molecule has 1 fully saturated rings. The monoisotopic (exact) mass is 371 g/mol. The second-order valence-corrected chi connectivity index (χ2v) is 6.37. The summed E-state index contributed by atoms with van der Waals surface area (Å²) < 4.78 is 5.80. The van der Waals surface area contributed by atoms with Gasteiger partial charge in [-0.1, -0.05) is 23.7 Å². The summed E-state index contributed by atoms with van der Waals surface area (Å²) in [5.41, 5.74) is 1.13. The molecule has 3 rings (SSSR count). The molecule has 1 aliphatic heterocycles. The minimum atomic E-state index is -0.214. The smallest absolute Gasteiger partial charge is 0.317 e. The largest absolute Gasteiger partial charge is 0.470 e. The Morgan fingerprint density at radius 2 is 2.12 bits per heavy atom. The molecule has 1 aromatic heterocycles. The van der Waals surface area contributed by atoms with Crippen LogP contribution in [-0.2, 0) is 6.54 Å². The van der Waals surface area contributed by atoms with Crippen molar-refractivity contribution >= 4 is 17.6 Å². The van der Waals surface area contributed by atoms with Crippen molar-refractivity contribution < 1.29 is 9.53 Å². The van der Waals surface area contributed by atoms with E-state index in [1.54, 1.807) is 17.0 Å². The number of halogens is 1. The molecule has 1 atom stereocenters. The van der Waals surface area contributed by atoms with E-state index >= 15 is 0 Å². The van der Waals surface area contributed by atoms with Crippen molar-refractivity contribution in [2.75, 3.05) is 13.1 Å². The van der Waals surface area contributed by atoms with Crippen molar-refractivity contribution in [3.05, 3.63) is 52.9 Å². The van der Waals surface area contributed by atoms with Gasteiger partial charge in [-0.3, -0.25) is 0 Å². The number of aromatic nitrogens is 2. The lowest BCUT2D eigenvalue weighted by Gasteiger charge is -2.32. The van der Waals surface area contributed by atoms with E-state index in [1.165, 1.54) is 12.4 Å². The number of nitrogens with one attached hydrogen (secondary N) is 1. The molecule has 1 unspecified atom stereocenters. The van der Waals surface area contributed by atoms with Crippen molar-refractivity contribution in [3.63, 3.8) is 0 Å². The van der Waals surface area contributed by atoms with Crippen LogP contribution in [0.25, 0.3) is 0 Å². The van der Waals surface area contributed by atoms with Crippen molar-refractivity contribution in [1.29, 1.82) is 5.26 Å². The van der Waals surface area contributed by atoms with Gasteiger partial charge in [0, 0.05) is 30.5 Å². The fourth-order valence-corrected chi connectivity index (χ4v) is 2.88. The van der Waals surface area contributed by atoms with Crippen LogP contribution in [0.2, 0.25) is 5.02 Å². The highest BCUT2D eigenvalue weighted by Crippen LogP contribution is 2.18. The van der Waals surface area contributed by atoms with Gasteiger partial charge in [0.1, 0.15) is 12.2 Å². The number of urea groups is 1. The van der Waals surface area contributed by atoms with Gasteiger partial charge in [0.25, 0.3) is 5.88 Å². The number of carbonyl (C=O) groups is 1. The quantitative estimate of drug-likeness (QED) is 0.892. The summed E-state index contributed by atoms with van der Waals surface area (Å²) in [6.45, 7) is 1.53. The predicted molar refractivity (Wildman–Crippen MR) is 95.7 cm³/mol. The minimum absolute atomic E-state index is 0.145. The number of amides is 2. The summed E-state index contributed by atoms with van der Waals surface area (Å²) in [5.74, 6) is 0.212. The SMILES string of the molecule is N#Cc1nccnc1OC1CCCN(C(=O)NCc2ccc(Cl)cc2)C1. The number of ether oxygens (including phenoxy) is 1. The molecule has 0 spiro atoms. The summed E-state index contributed by atoms with van der Waals surface area (Å²) in [4.78, 5) is 22.1. The third-order valence-electron chi connectivity index (χ3n) is 4.07. The molecule has 0 radical (unpaired) electrons. The molecule has 2 aromatic rings. The number of likely N-dealkylation sites (tertiary alicyclic amines) is 1. The van der Waals surface area contributed by atoms with Gasteiger partial charge >= 0.3 is 6.03 Å². The lowest BCUT2D eigenvalue weighted by Crippen LogP contribution is -2.48. The van der Waals surface area contributed by atoms with Gasteiger partial charge < -0.3 is 15.0 Å².